The fourth-order valence-corrected chi connectivity index (χ4v) is 3.15. The van der Waals surface area contributed by atoms with Gasteiger partial charge in [-0.3, -0.25) is 4.90 Å². The number of morpholine rings is 1. The number of nitrogens with two attached hydrogens (primary N) is 1. The molecule has 0 saturated carbocycles. The first-order valence-electron chi connectivity index (χ1n) is 7.39. The summed E-state index contributed by atoms with van der Waals surface area (Å²) in [5, 5.41) is 0. The highest BCUT2D eigenvalue weighted by Gasteiger charge is 2.36. The molecule has 1 fully saturated rings. The Balaban J connectivity index is 2.07. The van der Waals surface area contributed by atoms with Gasteiger partial charge in [-0.15, -0.1) is 0 Å². The summed E-state index contributed by atoms with van der Waals surface area (Å²) >= 11 is 3.47. The van der Waals surface area contributed by atoms with Gasteiger partial charge in [-0.05, 0) is 37.5 Å². The van der Waals surface area contributed by atoms with Gasteiger partial charge in [-0.2, -0.15) is 0 Å². The van der Waals surface area contributed by atoms with E-state index in [9.17, 15) is 0 Å². The molecule has 0 radical (unpaired) electrons. The summed E-state index contributed by atoms with van der Waals surface area (Å²) in [7, 11) is 0. The van der Waals surface area contributed by atoms with Crippen LogP contribution in [0.4, 0.5) is 0 Å². The highest BCUT2D eigenvalue weighted by atomic mass is 79.9. The van der Waals surface area contributed by atoms with Crippen LogP contribution in [0.2, 0.25) is 0 Å². The largest absolute Gasteiger partial charge is 0.379 e. The zero-order valence-corrected chi connectivity index (χ0v) is 14.0. The molecule has 1 heterocycles. The number of hydrogen-bond donors (Lipinski definition) is 1. The van der Waals surface area contributed by atoms with Crippen LogP contribution in [0.15, 0.2) is 28.7 Å². The van der Waals surface area contributed by atoms with E-state index in [1.807, 2.05) is 0 Å². The van der Waals surface area contributed by atoms with Crippen LogP contribution in [-0.4, -0.2) is 42.8 Å². The molecule has 0 amide bonds. The molecular formula is C16H25BrN2O. The molecule has 0 aliphatic carbocycles. The molecule has 1 aromatic carbocycles. The fourth-order valence-electron chi connectivity index (χ4n) is 2.89. The Morgan fingerprint density at radius 2 is 1.90 bits per heavy atom. The second kappa shape index (κ2) is 7.03. The van der Waals surface area contributed by atoms with Crippen molar-refractivity contribution in [2.45, 2.75) is 38.3 Å². The summed E-state index contributed by atoms with van der Waals surface area (Å²) in [5.41, 5.74) is 7.91. The number of rotatable bonds is 5. The van der Waals surface area contributed by atoms with Crippen LogP contribution in [-0.2, 0) is 11.2 Å². The first-order valence-corrected chi connectivity index (χ1v) is 8.18. The van der Waals surface area contributed by atoms with E-state index >= 15 is 0 Å². The van der Waals surface area contributed by atoms with Crippen molar-refractivity contribution in [3.05, 3.63) is 34.3 Å². The molecule has 2 atom stereocenters. The van der Waals surface area contributed by atoms with Crippen LogP contribution in [0, 0.1) is 0 Å². The average molecular weight is 341 g/mol. The topological polar surface area (TPSA) is 38.5 Å². The molecule has 1 saturated heterocycles. The number of halogens is 1. The van der Waals surface area contributed by atoms with E-state index in [0.29, 0.717) is 0 Å². The van der Waals surface area contributed by atoms with Crippen LogP contribution >= 0.6 is 15.9 Å². The maximum Gasteiger partial charge on any atom is 0.0594 e. The quantitative estimate of drug-likeness (QED) is 0.895. The lowest BCUT2D eigenvalue weighted by Gasteiger charge is -2.46. The summed E-state index contributed by atoms with van der Waals surface area (Å²) in [6.45, 7) is 8.14. The third kappa shape index (κ3) is 3.61. The molecule has 4 heteroatoms. The fraction of sp³-hybridized carbons (Fsp3) is 0.625. The molecule has 0 spiro atoms. The number of benzene rings is 1. The third-order valence-corrected chi connectivity index (χ3v) is 5.15. The van der Waals surface area contributed by atoms with E-state index in [1.54, 1.807) is 0 Å². The standard InChI is InChI=1S/C16H25BrN2O/c1-3-16(2,19-8-10-20-11-9-19)15(18)12-13-4-6-14(17)7-5-13/h4-7,15H,3,8-12,18H2,1-2H3. The molecular weight excluding hydrogens is 316 g/mol. The van der Waals surface area contributed by atoms with Crippen molar-refractivity contribution in [2.24, 2.45) is 5.73 Å². The lowest BCUT2D eigenvalue weighted by atomic mass is 9.84. The zero-order chi connectivity index (χ0) is 14.6. The summed E-state index contributed by atoms with van der Waals surface area (Å²) in [6.07, 6.45) is 1.97. The highest BCUT2D eigenvalue weighted by molar-refractivity contribution is 9.10. The highest BCUT2D eigenvalue weighted by Crippen LogP contribution is 2.26. The second-order valence-corrected chi connectivity index (χ2v) is 6.66. The van der Waals surface area contributed by atoms with Gasteiger partial charge in [0.05, 0.1) is 13.2 Å². The Morgan fingerprint density at radius 3 is 2.45 bits per heavy atom. The number of nitrogens with zero attached hydrogens (tertiary/aromatic N) is 1. The Bertz CT molecular complexity index is 417. The summed E-state index contributed by atoms with van der Waals surface area (Å²) in [5.74, 6) is 0. The van der Waals surface area contributed by atoms with Crippen LogP contribution in [0.25, 0.3) is 0 Å². The predicted octanol–water partition coefficient (Wildman–Crippen LogP) is 2.82. The van der Waals surface area contributed by atoms with E-state index in [0.717, 1.165) is 43.6 Å². The monoisotopic (exact) mass is 340 g/mol. The minimum absolute atomic E-state index is 0.0385. The smallest absolute Gasteiger partial charge is 0.0594 e. The van der Waals surface area contributed by atoms with E-state index in [1.165, 1.54) is 5.56 Å². The van der Waals surface area contributed by atoms with Crippen molar-refractivity contribution >= 4 is 15.9 Å². The van der Waals surface area contributed by atoms with Crippen LogP contribution in [0.1, 0.15) is 25.8 Å². The number of hydrogen-bond acceptors (Lipinski definition) is 3. The molecule has 3 nitrogen and oxygen atoms in total. The van der Waals surface area contributed by atoms with Gasteiger partial charge in [0.2, 0.25) is 0 Å². The van der Waals surface area contributed by atoms with E-state index in [4.69, 9.17) is 10.5 Å². The maximum absolute atomic E-state index is 6.57. The van der Waals surface area contributed by atoms with Gasteiger partial charge in [0.15, 0.2) is 0 Å². The van der Waals surface area contributed by atoms with Crippen molar-refractivity contribution in [3.63, 3.8) is 0 Å². The Labute approximate surface area is 130 Å². The van der Waals surface area contributed by atoms with Gasteiger partial charge in [-0.1, -0.05) is 35.0 Å². The summed E-state index contributed by atoms with van der Waals surface area (Å²) in [4.78, 5) is 2.50. The zero-order valence-electron chi connectivity index (χ0n) is 12.4. The van der Waals surface area contributed by atoms with Gasteiger partial charge in [0, 0.05) is 29.1 Å². The molecule has 2 N–H and O–H groups in total. The lowest BCUT2D eigenvalue weighted by molar-refractivity contribution is -0.0272. The van der Waals surface area contributed by atoms with Crippen molar-refractivity contribution in [2.75, 3.05) is 26.3 Å². The maximum atomic E-state index is 6.57. The Hall–Kier alpha value is -0.420. The van der Waals surface area contributed by atoms with Crippen LogP contribution in [0.3, 0.4) is 0 Å². The average Bonchev–Trinajstić information content (AvgIpc) is 2.49. The third-order valence-electron chi connectivity index (χ3n) is 4.62. The van der Waals surface area contributed by atoms with Gasteiger partial charge in [0.1, 0.15) is 0 Å². The predicted molar refractivity (Wildman–Crippen MR) is 86.9 cm³/mol. The molecule has 1 aromatic rings. The van der Waals surface area contributed by atoms with Gasteiger partial charge < -0.3 is 10.5 Å². The van der Waals surface area contributed by atoms with Crippen molar-refractivity contribution < 1.29 is 4.74 Å². The molecule has 20 heavy (non-hydrogen) atoms. The Kier molecular flexibility index (Phi) is 5.61. The lowest BCUT2D eigenvalue weighted by Crippen LogP contribution is -2.61. The molecule has 1 aliphatic rings. The van der Waals surface area contributed by atoms with E-state index in [-0.39, 0.29) is 11.6 Å². The molecule has 2 rings (SSSR count). The number of ether oxygens (including phenoxy) is 1. The van der Waals surface area contributed by atoms with Gasteiger partial charge in [0.25, 0.3) is 0 Å². The van der Waals surface area contributed by atoms with Crippen LogP contribution < -0.4 is 5.73 Å². The molecule has 112 valence electrons. The van der Waals surface area contributed by atoms with Crippen LogP contribution in [0.5, 0.6) is 0 Å². The van der Waals surface area contributed by atoms with Gasteiger partial charge in [-0.25, -0.2) is 0 Å². The van der Waals surface area contributed by atoms with E-state index in [2.05, 4.69) is 58.9 Å². The minimum atomic E-state index is 0.0385. The summed E-state index contributed by atoms with van der Waals surface area (Å²) in [6, 6.07) is 8.60. The normalized spacial score (nSPS) is 21.4. The van der Waals surface area contributed by atoms with Gasteiger partial charge >= 0.3 is 0 Å². The molecule has 0 bridgehead atoms. The minimum Gasteiger partial charge on any atom is -0.379 e. The molecule has 0 aromatic heterocycles. The van der Waals surface area contributed by atoms with Crippen molar-refractivity contribution in [1.82, 2.24) is 4.90 Å². The van der Waals surface area contributed by atoms with E-state index < -0.39 is 0 Å². The van der Waals surface area contributed by atoms with Crippen molar-refractivity contribution in [3.8, 4) is 0 Å². The first kappa shape index (κ1) is 16.0. The second-order valence-electron chi connectivity index (χ2n) is 5.75. The Morgan fingerprint density at radius 1 is 1.30 bits per heavy atom. The first-order chi connectivity index (χ1) is 9.56. The summed E-state index contributed by atoms with van der Waals surface area (Å²) < 4.78 is 6.58. The SMILES string of the molecule is CCC(C)(C(N)Cc1ccc(Br)cc1)N1CCOCC1. The van der Waals surface area contributed by atoms with Crippen molar-refractivity contribution in [1.29, 1.82) is 0 Å². The molecule has 2 unspecified atom stereocenters. The molecule has 1 aliphatic heterocycles.